The van der Waals surface area contributed by atoms with E-state index in [4.69, 9.17) is 0 Å². The first-order valence-electron chi connectivity index (χ1n) is 8.12. The number of benzene rings is 2. The number of carbonyl (C=O) groups excluding carboxylic acids is 1. The van der Waals surface area contributed by atoms with E-state index in [-0.39, 0.29) is 11.7 Å². The van der Waals surface area contributed by atoms with Gasteiger partial charge in [-0.25, -0.2) is 4.39 Å². The highest BCUT2D eigenvalue weighted by Crippen LogP contribution is 2.38. The molecule has 3 aromatic rings. The zero-order valence-corrected chi connectivity index (χ0v) is 15.9. The summed E-state index contributed by atoms with van der Waals surface area (Å²) in [5.41, 5.74) is 1.38. The van der Waals surface area contributed by atoms with Gasteiger partial charge in [0, 0.05) is 12.2 Å². The van der Waals surface area contributed by atoms with Gasteiger partial charge in [-0.15, -0.1) is 16.8 Å². The second kappa shape index (κ2) is 9.29. The number of anilines is 2. The summed E-state index contributed by atoms with van der Waals surface area (Å²) in [6, 6.07) is 15.1. The van der Waals surface area contributed by atoms with Gasteiger partial charge in [0.1, 0.15) is 11.1 Å². The molecular formula is C19H17FN4OS2. The quantitative estimate of drug-likeness (QED) is 0.422. The van der Waals surface area contributed by atoms with E-state index in [0.29, 0.717) is 21.7 Å². The maximum absolute atomic E-state index is 13.1. The first-order chi connectivity index (χ1) is 13.2. The van der Waals surface area contributed by atoms with Gasteiger partial charge < -0.3 is 10.6 Å². The number of nitrogens with one attached hydrogen (secondary N) is 2. The fourth-order valence-corrected chi connectivity index (χ4v) is 4.18. The number of rotatable bonds is 8. The van der Waals surface area contributed by atoms with E-state index >= 15 is 0 Å². The van der Waals surface area contributed by atoms with Gasteiger partial charge in [0.2, 0.25) is 11.0 Å². The largest absolute Gasteiger partial charge is 0.357 e. The molecule has 5 nitrogen and oxygen atoms in total. The summed E-state index contributed by atoms with van der Waals surface area (Å²) in [4.78, 5) is 12.9. The van der Waals surface area contributed by atoms with Crippen molar-refractivity contribution in [3.05, 3.63) is 78.6 Å². The van der Waals surface area contributed by atoms with E-state index in [1.165, 1.54) is 47.4 Å². The maximum Gasteiger partial charge on any atom is 0.242 e. The summed E-state index contributed by atoms with van der Waals surface area (Å²) in [5, 5.41) is 14.3. The Morgan fingerprint density at radius 1 is 1.19 bits per heavy atom. The first-order valence-corrected chi connectivity index (χ1v) is 9.81. The average Bonchev–Trinajstić information content (AvgIpc) is 3.14. The van der Waals surface area contributed by atoms with E-state index in [1.54, 1.807) is 6.08 Å². The molecule has 0 saturated carbocycles. The SMILES string of the molecule is C=CCNc1nnc(S[C@H](C(=O)Nc2ccc(F)cc2)c2ccccc2)s1. The van der Waals surface area contributed by atoms with Gasteiger partial charge in [-0.2, -0.15) is 0 Å². The number of thioether (sulfide) groups is 1. The van der Waals surface area contributed by atoms with Crippen LogP contribution in [0.5, 0.6) is 0 Å². The molecule has 3 rings (SSSR count). The van der Waals surface area contributed by atoms with Crippen LogP contribution in [0.2, 0.25) is 0 Å². The molecule has 1 atom stereocenters. The van der Waals surface area contributed by atoms with E-state index in [1.807, 2.05) is 30.3 Å². The molecule has 1 heterocycles. The summed E-state index contributed by atoms with van der Waals surface area (Å²) >= 11 is 2.69. The van der Waals surface area contributed by atoms with E-state index in [2.05, 4.69) is 27.4 Å². The minimum Gasteiger partial charge on any atom is -0.357 e. The van der Waals surface area contributed by atoms with E-state index in [0.717, 1.165) is 5.56 Å². The Morgan fingerprint density at radius 2 is 1.93 bits per heavy atom. The van der Waals surface area contributed by atoms with Crippen molar-refractivity contribution >= 4 is 39.8 Å². The molecule has 2 N–H and O–H groups in total. The molecule has 0 aliphatic carbocycles. The van der Waals surface area contributed by atoms with Crippen molar-refractivity contribution in [1.82, 2.24) is 10.2 Å². The number of nitrogens with zero attached hydrogens (tertiary/aromatic N) is 2. The Labute approximate surface area is 164 Å². The Balaban J connectivity index is 1.78. The monoisotopic (exact) mass is 400 g/mol. The highest BCUT2D eigenvalue weighted by atomic mass is 32.2. The van der Waals surface area contributed by atoms with Crippen molar-refractivity contribution < 1.29 is 9.18 Å². The topological polar surface area (TPSA) is 66.9 Å². The van der Waals surface area contributed by atoms with Gasteiger partial charge in [-0.05, 0) is 29.8 Å². The zero-order chi connectivity index (χ0) is 19.1. The molecule has 27 heavy (non-hydrogen) atoms. The molecular weight excluding hydrogens is 383 g/mol. The molecule has 0 bridgehead atoms. The lowest BCUT2D eigenvalue weighted by Crippen LogP contribution is -2.19. The van der Waals surface area contributed by atoms with Crippen molar-refractivity contribution in [1.29, 1.82) is 0 Å². The normalized spacial score (nSPS) is 11.6. The number of halogens is 1. The van der Waals surface area contributed by atoms with Gasteiger partial charge in [0.05, 0.1) is 0 Å². The molecule has 0 spiro atoms. The average molecular weight is 401 g/mol. The number of carbonyl (C=O) groups is 1. The predicted octanol–water partition coefficient (Wildman–Crippen LogP) is 4.75. The standard InChI is InChI=1S/C19H17FN4OS2/c1-2-12-21-18-23-24-19(27-18)26-16(13-6-4-3-5-7-13)17(25)22-15-10-8-14(20)9-11-15/h2-11,16H,1,12H2,(H,21,23)(H,22,25)/t16-/m0/s1. The lowest BCUT2D eigenvalue weighted by molar-refractivity contribution is -0.115. The molecule has 0 radical (unpaired) electrons. The number of aromatic nitrogens is 2. The third-order valence-electron chi connectivity index (χ3n) is 3.47. The fraction of sp³-hybridized carbons (Fsp3) is 0.105. The minimum atomic E-state index is -0.517. The first kappa shape index (κ1) is 19.1. The van der Waals surface area contributed by atoms with Gasteiger partial charge in [0.15, 0.2) is 4.34 Å². The van der Waals surface area contributed by atoms with Crippen molar-refractivity contribution in [3.63, 3.8) is 0 Å². The molecule has 0 aliphatic rings. The molecule has 2 aromatic carbocycles. The zero-order valence-electron chi connectivity index (χ0n) is 14.3. The van der Waals surface area contributed by atoms with Gasteiger partial charge in [0.25, 0.3) is 0 Å². The fourth-order valence-electron chi connectivity index (χ4n) is 2.23. The number of amides is 1. The van der Waals surface area contributed by atoms with Crippen LogP contribution in [-0.4, -0.2) is 22.6 Å². The van der Waals surface area contributed by atoms with Crippen LogP contribution in [0.25, 0.3) is 0 Å². The molecule has 1 amide bonds. The Hall–Kier alpha value is -2.71. The van der Waals surface area contributed by atoms with Crippen molar-refractivity contribution in [2.75, 3.05) is 17.2 Å². The predicted molar refractivity (Wildman–Crippen MR) is 109 cm³/mol. The molecule has 0 unspecified atom stereocenters. The number of hydrogen-bond donors (Lipinski definition) is 2. The summed E-state index contributed by atoms with van der Waals surface area (Å²) in [7, 11) is 0. The van der Waals surface area contributed by atoms with Crippen LogP contribution in [0, 0.1) is 5.82 Å². The van der Waals surface area contributed by atoms with Crippen LogP contribution in [0.3, 0.4) is 0 Å². The van der Waals surface area contributed by atoms with Gasteiger partial charge >= 0.3 is 0 Å². The molecule has 0 fully saturated rings. The highest BCUT2D eigenvalue weighted by molar-refractivity contribution is 8.02. The smallest absolute Gasteiger partial charge is 0.242 e. The van der Waals surface area contributed by atoms with Gasteiger partial charge in [-0.3, -0.25) is 4.79 Å². The summed E-state index contributed by atoms with van der Waals surface area (Å²) in [6.45, 7) is 4.24. The highest BCUT2D eigenvalue weighted by Gasteiger charge is 2.24. The number of hydrogen-bond acceptors (Lipinski definition) is 6. The van der Waals surface area contributed by atoms with Crippen molar-refractivity contribution in [2.24, 2.45) is 0 Å². The molecule has 0 saturated heterocycles. The second-order valence-electron chi connectivity index (χ2n) is 5.45. The van der Waals surface area contributed by atoms with Crippen LogP contribution < -0.4 is 10.6 Å². The Kier molecular flexibility index (Phi) is 6.56. The van der Waals surface area contributed by atoms with Crippen LogP contribution in [0.1, 0.15) is 10.8 Å². The van der Waals surface area contributed by atoms with E-state index in [9.17, 15) is 9.18 Å². The van der Waals surface area contributed by atoms with Crippen molar-refractivity contribution in [2.45, 2.75) is 9.59 Å². The van der Waals surface area contributed by atoms with Crippen LogP contribution in [0.15, 0.2) is 71.6 Å². The Morgan fingerprint density at radius 3 is 2.63 bits per heavy atom. The maximum atomic E-state index is 13.1. The van der Waals surface area contributed by atoms with E-state index < -0.39 is 5.25 Å². The molecule has 138 valence electrons. The molecule has 0 aliphatic heterocycles. The lowest BCUT2D eigenvalue weighted by Gasteiger charge is -2.15. The third kappa shape index (κ3) is 5.38. The Bertz CT molecular complexity index is 900. The lowest BCUT2D eigenvalue weighted by atomic mass is 10.1. The van der Waals surface area contributed by atoms with Crippen LogP contribution in [-0.2, 0) is 4.79 Å². The van der Waals surface area contributed by atoms with Gasteiger partial charge in [-0.1, -0.05) is 59.5 Å². The minimum absolute atomic E-state index is 0.214. The van der Waals surface area contributed by atoms with Crippen LogP contribution >= 0.6 is 23.1 Å². The summed E-state index contributed by atoms with van der Waals surface area (Å²) in [6.07, 6.45) is 1.73. The second-order valence-corrected chi connectivity index (χ2v) is 7.78. The van der Waals surface area contributed by atoms with Crippen molar-refractivity contribution in [3.8, 4) is 0 Å². The third-order valence-corrected chi connectivity index (χ3v) is 5.69. The van der Waals surface area contributed by atoms with Crippen LogP contribution in [0.4, 0.5) is 15.2 Å². The summed E-state index contributed by atoms with van der Waals surface area (Å²) < 4.78 is 13.8. The molecule has 8 heteroatoms. The molecule has 1 aromatic heterocycles. The summed E-state index contributed by atoms with van der Waals surface area (Å²) in [5.74, 6) is -0.566.